The highest BCUT2D eigenvalue weighted by atomic mass is 35.5. The molecule has 4 heteroatoms. The molecule has 0 amide bonds. The third kappa shape index (κ3) is 7.72. The molecule has 0 spiro atoms. The van der Waals surface area contributed by atoms with Gasteiger partial charge in [0.05, 0.1) is 0 Å². The minimum atomic E-state index is 0. The first-order valence-corrected chi connectivity index (χ1v) is 6.29. The predicted molar refractivity (Wildman–Crippen MR) is 77.2 cm³/mol. The second-order valence-corrected chi connectivity index (χ2v) is 4.48. The zero-order valence-electron chi connectivity index (χ0n) is 10.7. The standard InChI is InChI=1S/C12H26N2.2ClH/c1-3-4-5-6-7-12(2)14-10-8-13-9-11-14;;/h12-13H,3-11H2,1-2H3;2*1H. The van der Waals surface area contributed by atoms with E-state index in [0.29, 0.717) is 0 Å². The highest BCUT2D eigenvalue weighted by Crippen LogP contribution is 2.10. The van der Waals surface area contributed by atoms with E-state index < -0.39 is 0 Å². The highest BCUT2D eigenvalue weighted by Gasteiger charge is 2.15. The Hall–Kier alpha value is 0.500. The predicted octanol–water partition coefficient (Wildman–Crippen LogP) is 3.09. The number of rotatable bonds is 6. The van der Waals surface area contributed by atoms with E-state index in [2.05, 4.69) is 24.1 Å². The van der Waals surface area contributed by atoms with Crippen LogP contribution in [0.1, 0.15) is 46.0 Å². The van der Waals surface area contributed by atoms with Crippen LogP contribution in [0.25, 0.3) is 0 Å². The highest BCUT2D eigenvalue weighted by molar-refractivity contribution is 5.85. The van der Waals surface area contributed by atoms with Crippen molar-refractivity contribution >= 4 is 24.8 Å². The lowest BCUT2D eigenvalue weighted by atomic mass is 10.1. The molecule has 1 fully saturated rings. The largest absolute Gasteiger partial charge is 0.314 e. The fourth-order valence-corrected chi connectivity index (χ4v) is 2.17. The van der Waals surface area contributed by atoms with Gasteiger partial charge >= 0.3 is 0 Å². The van der Waals surface area contributed by atoms with Gasteiger partial charge in [0, 0.05) is 32.2 Å². The van der Waals surface area contributed by atoms with E-state index in [-0.39, 0.29) is 24.8 Å². The van der Waals surface area contributed by atoms with Gasteiger partial charge in [0.2, 0.25) is 0 Å². The molecule has 0 aliphatic carbocycles. The molecule has 100 valence electrons. The third-order valence-corrected chi connectivity index (χ3v) is 3.25. The van der Waals surface area contributed by atoms with Crippen molar-refractivity contribution in [3.8, 4) is 0 Å². The topological polar surface area (TPSA) is 15.3 Å². The fourth-order valence-electron chi connectivity index (χ4n) is 2.17. The summed E-state index contributed by atoms with van der Waals surface area (Å²) in [4.78, 5) is 2.63. The molecule has 0 bridgehead atoms. The van der Waals surface area contributed by atoms with Crippen LogP contribution < -0.4 is 5.32 Å². The van der Waals surface area contributed by atoms with E-state index in [1.54, 1.807) is 0 Å². The van der Waals surface area contributed by atoms with Crippen LogP contribution >= 0.6 is 24.8 Å². The van der Waals surface area contributed by atoms with E-state index in [1.807, 2.05) is 0 Å². The molecule has 16 heavy (non-hydrogen) atoms. The van der Waals surface area contributed by atoms with Gasteiger partial charge in [0.1, 0.15) is 0 Å². The van der Waals surface area contributed by atoms with Crippen molar-refractivity contribution in [1.29, 1.82) is 0 Å². The molecule has 0 aromatic rings. The molecular formula is C12H28Cl2N2. The van der Waals surface area contributed by atoms with Crippen LogP contribution in [0.15, 0.2) is 0 Å². The Labute approximate surface area is 113 Å². The van der Waals surface area contributed by atoms with Crippen molar-refractivity contribution in [2.75, 3.05) is 26.2 Å². The quantitative estimate of drug-likeness (QED) is 0.747. The van der Waals surface area contributed by atoms with E-state index in [0.717, 1.165) is 6.04 Å². The Balaban J connectivity index is 0. The van der Waals surface area contributed by atoms with Gasteiger partial charge < -0.3 is 5.32 Å². The Morgan fingerprint density at radius 3 is 2.25 bits per heavy atom. The van der Waals surface area contributed by atoms with Gasteiger partial charge in [-0.1, -0.05) is 32.6 Å². The maximum atomic E-state index is 3.40. The number of unbranched alkanes of at least 4 members (excludes halogenated alkanes) is 3. The lowest BCUT2D eigenvalue weighted by Gasteiger charge is -2.32. The number of hydrogen-bond donors (Lipinski definition) is 1. The van der Waals surface area contributed by atoms with Crippen molar-refractivity contribution in [2.45, 2.75) is 52.0 Å². The minimum Gasteiger partial charge on any atom is -0.314 e. The summed E-state index contributed by atoms with van der Waals surface area (Å²) >= 11 is 0. The molecule has 1 heterocycles. The lowest BCUT2D eigenvalue weighted by molar-refractivity contribution is 0.174. The molecule has 0 aromatic carbocycles. The zero-order chi connectivity index (χ0) is 10.2. The van der Waals surface area contributed by atoms with E-state index in [1.165, 1.54) is 58.3 Å². The van der Waals surface area contributed by atoms with Gasteiger partial charge in [0.25, 0.3) is 0 Å². The molecule has 0 aromatic heterocycles. The fraction of sp³-hybridized carbons (Fsp3) is 1.00. The second-order valence-electron chi connectivity index (χ2n) is 4.48. The number of nitrogens with zero attached hydrogens (tertiary/aromatic N) is 1. The lowest BCUT2D eigenvalue weighted by Crippen LogP contribution is -2.47. The number of piperazine rings is 1. The van der Waals surface area contributed by atoms with Crippen LogP contribution in [-0.4, -0.2) is 37.1 Å². The number of nitrogens with one attached hydrogen (secondary N) is 1. The first-order valence-electron chi connectivity index (χ1n) is 6.29. The Morgan fingerprint density at radius 2 is 1.69 bits per heavy atom. The van der Waals surface area contributed by atoms with Crippen LogP contribution in [-0.2, 0) is 0 Å². The van der Waals surface area contributed by atoms with Gasteiger partial charge in [-0.3, -0.25) is 4.90 Å². The third-order valence-electron chi connectivity index (χ3n) is 3.25. The van der Waals surface area contributed by atoms with Gasteiger partial charge in [0.15, 0.2) is 0 Å². The summed E-state index contributed by atoms with van der Waals surface area (Å²) < 4.78 is 0. The van der Waals surface area contributed by atoms with Crippen LogP contribution in [0.4, 0.5) is 0 Å². The second kappa shape index (κ2) is 12.0. The Bertz CT molecular complexity index is 139. The molecule has 1 N–H and O–H groups in total. The first-order chi connectivity index (χ1) is 6.84. The van der Waals surface area contributed by atoms with Crippen LogP contribution in [0.3, 0.4) is 0 Å². The maximum absolute atomic E-state index is 3.40. The molecule has 1 aliphatic heterocycles. The summed E-state index contributed by atoms with van der Waals surface area (Å²) in [5, 5.41) is 3.40. The monoisotopic (exact) mass is 270 g/mol. The Kier molecular flexibility index (Phi) is 14.1. The SMILES string of the molecule is CCCCCCC(C)N1CCNCC1.Cl.Cl. The average Bonchev–Trinajstić information content (AvgIpc) is 2.25. The molecule has 0 radical (unpaired) electrons. The van der Waals surface area contributed by atoms with Gasteiger partial charge in [-0.25, -0.2) is 0 Å². The molecule has 1 unspecified atom stereocenters. The molecule has 1 aliphatic rings. The van der Waals surface area contributed by atoms with Gasteiger partial charge in [-0.15, -0.1) is 24.8 Å². The number of hydrogen-bond acceptors (Lipinski definition) is 2. The summed E-state index contributed by atoms with van der Waals surface area (Å²) in [6.07, 6.45) is 6.99. The van der Waals surface area contributed by atoms with Crippen molar-refractivity contribution < 1.29 is 0 Å². The average molecular weight is 271 g/mol. The molecule has 1 atom stereocenters. The summed E-state index contributed by atoms with van der Waals surface area (Å²) in [7, 11) is 0. The van der Waals surface area contributed by atoms with E-state index in [9.17, 15) is 0 Å². The van der Waals surface area contributed by atoms with Crippen molar-refractivity contribution in [3.63, 3.8) is 0 Å². The molecule has 1 saturated heterocycles. The Morgan fingerprint density at radius 1 is 1.06 bits per heavy atom. The van der Waals surface area contributed by atoms with Gasteiger partial charge in [-0.2, -0.15) is 0 Å². The summed E-state index contributed by atoms with van der Waals surface area (Å²) in [5.41, 5.74) is 0. The van der Waals surface area contributed by atoms with Crippen molar-refractivity contribution in [2.24, 2.45) is 0 Å². The smallest absolute Gasteiger partial charge is 0.0110 e. The molecule has 1 rings (SSSR count). The van der Waals surface area contributed by atoms with E-state index in [4.69, 9.17) is 0 Å². The molecule has 0 saturated carbocycles. The number of halogens is 2. The minimum absolute atomic E-state index is 0. The van der Waals surface area contributed by atoms with Gasteiger partial charge in [-0.05, 0) is 13.3 Å². The first kappa shape index (κ1) is 18.9. The van der Waals surface area contributed by atoms with Crippen LogP contribution in [0.2, 0.25) is 0 Å². The van der Waals surface area contributed by atoms with Crippen molar-refractivity contribution in [3.05, 3.63) is 0 Å². The van der Waals surface area contributed by atoms with E-state index >= 15 is 0 Å². The maximum Gasteiger partial charge on any atom is 0.0110 e. The van der Waals surface area contributed by atoms with Crippen LogP contribution in [0, 0.1) is 0 Å². The summed E-state index contributed by atoms with van der Waals surface area (Å²) in [6, 6.07) is 0.800. The molecular weight excluding hydrogens is 243 g/mol. The summed E-state index contributed by atoms with van der Waals surface area (Å²) in [5.74, 6) is 0. The summed E-state index contributed by atoms with van der Waals surface area (Å²) in [6.45, 7) is 9.51. The van der Waals surface area contributed by atoms with Crippen molar-refractivity contribution in [1.82, 2.24) is 10.2 Å². The normalized spacial score (nSPS) is 18.4. The zero-order valence-corrected chi connectivity index (χ0v) is 12.3. The van der Waals surface area contributed by atoms with Crippen LogP contribution in [0.5, 0.6) is 0 Å². The molecule has 2 nitrogen and oxygen atoms in total.